The number of halogens is 1. The van der Waals surface area contributed by atoms with Gasteiger partial charge >= 0.3 is 0 Å². The van der Waals surface area contributed by atoms with Crippen molar-refractivity contribution in [2.75, 3.05) is 7.11 Å². The van der Waals surface area contributed by atoms with E-state index in [1.807, 2.05) is 36.4 Å². The molecule has 0 radical (unpaired) electrons. The van der Waals surface area contributed by atoms with Crippen LogP contribution in [-0.2, 0) is 0 Å². The van der Waals surface area contributed by atoms with E-state index in [1.165, 1.54) is 0 Å². The number of methoxy groups -OCH3 is 1. The van der Waals surface area contributed by atoms with E-state index < -0.39 is 0 Å². The summed E-state index contributed by atoms with van der Waals surface area (Å²) < 4.78 is 11.9. The van der Waals surface area contributed by atoms with Crippen LogP contribution in [0.3, 0.4) is 0 Å². The van der Waals surface area contributed by atoms with Crippen LogP contribution in [0.4, 0.5) is 0 Å². The summed E-state index contributed by atoms with van der Waals surface area (Å²) in [6.45, 7) is 0. The van der Waals surface area contributed by atoms with E-state index in [1.54, 1.807) is 13.4 Å². The molecule has 0 amide bonds. The smallest absolute Gasteiger partial charge is 0.134 e. The molecule has 2 nitrogen and oxygen atoms in total. The summed E-state index contributed by atoms with van der Waals surface area (Å²) in [6.07, 6.45) is 1.78. The van der Waals surface area contributed by atoms with E-state index in [9.17, 15) is 0 Å². The third kappa shape index (κ3) is 1.91. The van der Waals surface area contributed by atoms with E-state index >= 15 is 0 Å². The number of furan rings is 1. The zero-order chi connectivity index (χ0) is 12.5. The Morgan fingerprint density at radius 3 is 2.83 bits per heavy atom. The molecule has 3 heteroatoms. The van der Waals surface area contributed by atoms with Crippen molar-refractivity contribution in [3.05, 3.63) is 53.2 Å². The van der Waals surface area contributed by atoms with Crippen LogP contribution in [0.5, 0.6) is 5.75 Å². The molecule has 0 aliphatic carbocycles. The quantitative estimate of drug-likeness (QED) is 0.674. The van der Waals surface area contributed by atoms with Gasteiger partial charge in [0.15, 0.2) is 0 Å². The Hall–Kier alpha value is -1.74. The summed E-state index contributed by atoms with van der Waals surface area (Å²) in [5, 5.41) is 1.10. The fraction of sp³-hybridized carbons (Fsp3) is 0.0667. The first-order valence-corrected chi connectivity index (χ1v) is 6.38. The van der Waals surface area contributed by atoms with Crippen LogP contribution in [-0.4, -0.2) is 7.11 Å². The van der Waals surface area contributed by atoms with Crippen LogP contribution < -0.4 is 4.74 Å². The fourth-order valence-corrected chi connectivity index (χ4v) is 2.38. The lowest BCUT2D eigenvalue weighted by atomic mass is 10.0. The zero-order valence-corrected chi connectivity index (χ0v) is 11.4. The second-order valence-electron chi connectivity index (χ2n) is 4.02. The Morgan fingerprint density at radius 2 is 2.00 bits per heavy atom. The molecule has 0 spiro atoms. The molecule has 3 rings (SSSR count). The van der Waals surface area contributed by atoms with Gasteiger partial charge in [0, 0.05) is 15.4 Å². The second-order valence-corrected chi connectivity index (χ2v) is 4.94. The average molecular weight is 303 g/mol. The number of rotatable bonds is 2. The first-order chi connectivity index (χ1) is 8.78. The summed E-state index contributed by atoms with van der Waals surface area (Å²) in [4.78, 5) is 0. The molecule has 0 aliphatic heterocycles. The van der Waals surface area contributed by atoms with Gasteiger partial charge < -0.3 is 9.15 Å². The highest BCUT2D eigenvalue weighted by molar-refractivity contribution is 9.10. The van der Waals surface area contributed by atoms with Crippen LogP contribution in [0, 0.1) is 0 Å². The molecule has 0 fully saturated rings. The maximum atomic E-state index is 5.57. The molecule has 18 heavy (non-hydrogen) atoms. The number of fused-ring (bicyclic) bond motifs is 1. The summed E-state index contributed by atoms with van der Waals surface area (Å²) in [5.74, 6) is 0.844. The molecule has 1 heterocycles. The van der Waals surface area contributed by atoms with Gasteiger partial charge in [0.05, 0.1) is 13.4 Å². The van der Waals surface area contributed by atoms with Gasteiger partial charge in [0.25, 0.3) is 0 Å². The van der Waals surface area contributed by atoms with E-state index in [-0.39, 0.29) is 0 Å². The van der Waals surface area contributed by atoms with Gasteiger partial charge in [0.1, 0.15) is 11.3 Å². The fourth-order valence-electron chi connectivity index (χ4n) is 2.02. The second kappa shape index (κ2) is 4.50. The number of benzene rings is 2. The summed E-state index contributed by atoms with van der Waals surface area (Å²) in [5.41, 5.74) is 3.05. The molecule has 1 aromatic heterocycles. The first-order valence-electron chi connectivity index (χ1n) is 5.59. The maximum Gasteiger partial charge on any atom is 0.134 e. The Kier molecular flexibility index (Phi) is 2.84. The molecule has 0 saturated carbocycles. The van der Waals surface area contributed by atoms with Crippen molar-refractivity contribution < 1.29 is 9.15 Å². The molecule has 0 unspecified atom stereocenters. The molecule has 0 bridgehead atoms. The standard InChI is InChI=1S/C15H11BrO2/c1-17-12-4-2-3-10(7-12)14-9-18-15-6-5-11(16)8-13(14)15/h2-9H,1H3. The van der Waals surface area contributed by atoms with Gasteiger partial charge in [-0.15, -0.1) is 0 Å². The lowest BCUT2D eigenvalue weighted by Crippen LogP contribution is -1.83. The van der Waals surface area contributed by atoms with Gasteiger partial charge in [-0.05, 0) is 35.9 Å². The minimum Gasteiger partial charge on any atom is -0.497 e. The molecular weight excluding hydrogens is 292 g/mol. The Balaban J connectivity index is 2.21. The van der Waals surface area contributed by atoms with Crippen LogP contribution in [0.2, 0.25) is 0 Å². The average Bonchev–Trinajstić information content (AvgIpc) is 2.81. The Morgan fingerprint density at radius 1 is 1.11 bits per heavy atom. The molecule has 2 aromatic carbocycles. The molecule has 0 saturated heterocycles. The van der Waals surface area contributed by atoms with Crippen LogP contribution >= 0.6 is 15.9 Å². The van der Waals surface area contributed by atoms with Crippen LogP contribution in [0.25, 0.3) is 22.1 Å². The van der Waals surface area contributed by atoms with E-state index in [0.29, 0.717) is 0 Å². The third-order valence-corrected chi connectivity index (χ3v) is 3.41. The van der Waals surface area contributed by atoms with Crippen molar-refractivity contribution in [1.82, 2.24) is 0 Å². The van der Waals surface area contributed by atoms with Crippen LogP contribution in [0.1, 0.15) is 0 Å². The molecule has 90 valence electrons. The van der Waals surface area contributed by atoms with Crippen molar-refractivity contribution in [3.8, 4) is 16.9 Å². The van der Waals surface area contributed by atoms with Gasteiger partial charge in [-0.2, -0.15) is 0 Å². The minimum absolute atomic E-state index is 0.844. The largest absolute Gasteiger partial charge is 0.497 e. The molecule has 3 aromatic rings. The number of ether oxygens (including phenoxy) is 1. The van der Waals surface area contributed by atoms with E-state index in [2.05, 4.69) is 22.0 Å². The highest BCUT2D eigenvalue weighted by Crippen LogP contribution is 2.33. The van der Waals surface area contributed by atoms with Crippen molar-refractivity contribution in [1.29, 1.82) is 0 Å². The zero-order valence-electron chi connectivity index (χ0n) is 9.81. The van der Waals surface area contributed by atoms with E-state index in [4.69, 9.17) is 9.15 Å². The van der Waals surface area contributed by atoms with Gasteiger partial charge in [-0.1, -0.05) is 28.1 Å². The molecular formula is C15H11BrO2. The molecule has 0 N–H and O–H groups in total. The van der Waals surface area contributed by atoms with E-state index in [0.717, 1.165) is 32.3 Å². The monoisotopic (exact) mass is 302 g/mol. The number of hydrogen-bond donors (Lipinski definition) is 0. The van der Waals surface area contributed by atoms with Gasteiger partial charge in [0.2, 0.25) is 0 Å². The highest BCUT2D eigenvalue weighted by Gasteiger charge is 2.09. The van der Waals surface area contributed by atoms with Crippen molar-refractivity contribution in [3.63, 3.8) is 0 Å². The highest BCUT2D eigenvalue weighted by atomic mass is 79.9. The summed E-state index contributed by atoms with van der Waals surface area (Å²) in [7, 11) is 1.67. The molecule has 0 atom stereocenters. The van der Waals surface area contributed by atoms with Crippen molar-refractivity contribution >= 4 is 26.9 Å². The third-order valence-electron chi connectivity index (χ3n) is 2.92. The summed E-state index contributed by atoms with van der Waals surface area (Å²) >= 11 is 3.49. The predicted molar refractivity (Wildman–Crippen MR) is 75.9 cm³/mol. The first kappa shape index (κ1) is 11.4. The molecule has 0 aliphatic rings. The Bertz CT molecular complexity index is 701. The van der Waals surface area contributed by atoms with Gasteiger partial charge in [-0.25, -0.2) is 0 Å². The predicted octanol–water partition coefficient (Wildman–Crippen LogP) is 4.87. The minimum atomic E-state index is 0.844. The van der Waals surface area contributed by atoms with Crippen LogP contribution in [0.15, 0.2) is 57.6 Å². The number of hydrogen-bond acceptors (Lipinski definition) is 2. The Labute approximate surface area is 113 Å². The topological polar surface area (TPSA) is 22.4 Å². The van der Waals surface area contributed by atoms with Crippen molar-refractivity contribution in [2.45, 2.75) is 0 Å². The maximum absolute atomic E-state index is 5.57. The lowest BCUT2D eigenvalue weighted by Gasteiger charge is -2.03. The normalized spacial score (nSPS) is 10.8. The van der Waals surface area contributed by atoms with Gasteiger partial charge in [-0.3, -0.25) is 0 Å². The lowest BCUT2D eigenvalue weighted by molar-refractivity contribution is 0.415. The van der Waals surface area contributed by atoms with Crippen molar-refractivity contribution in [2.24, 2.45) is 0 Å². The summed E-state index contributed by atoms with van der Waals surface area (Å²) in [6, 6.07) is 14.0. The SMILES string of the molecule is COc1cccc(-c2coc3ccc(Br)cc23)c1.